The van der Waals surface area contributed by atoms with Crippen LogP contribution in [-0.2, 0) is 30.5 Å². The molecule has 0 spiro atoms. The largest absolute Gasteiger partial charge is 0.364 e. The van der Waals surface area contributed by atoms with Crippen molar-refractivity contribution in [2.24, 2.45) is 0 Å². The van der Waals surface area contributed by atoms with Crippen LogP contribution in [0.15, 0.2) is 107 Å². The predicted molar refractivity (Wildman–Crippen MR) is 255 cm³/mol. The highest BCUT2D eigenvalue weighted by Crippen LogP contribution is 2.49. The second-order valence-corrected chi connectivity index (χ2v) is 20.6. The molecule has 0 radical (unpaired) electrons. The van der Waals surface area contributed by atoms with Crippen LogP contribution in [0.1, 0.15) is 135 Å². The van der Waals surface area contributed by atoms with Gasteiger partial charge in [-0.2, -0.15) is 8.42 Å². The van der Waals surface area contributed by atoms with Gasteiger partial charge in [-0.3, -0.25) is 14.1 Å². The molecule has 2 aromatic carbocycles. The van der Waals surface area contributed by atoms with Crippen molar-refractivity contribution in [1.82, 2.24) is 10.6 Å². The third-order valence-corrected chi connectivity index (χ3v) is 14.6. The normalized spacial score (nSPS) is 22.7. The zero-order valence-corrected chi connectivity index (χ0v) is 39.0. The number of anilines is 2. The number of nitrogens with one attached hydrogen (secondary N) is 2. The molecule has 4 aliphatic rings. The van der Waals surface area contributed by atoms with Crippen LogP contribution in [0.5, 0.6) is 0 Å². The molecule has 0 saturated carbocycles. The van der Waals surface area contributed by atoms with Gasteiger partial charge < -0.3 is 20.4 Å². The molecule has 2 aliphatic carbocycles. The summed E-state index contributed by atoms with van der Waals surface area (Å²) in [6.45, 7) is 11.1. The van der Waals surface area contributed by atoms with Crippen LogP contribution in [0.3, 0.4) is 0 Å². The molecule has 2 aliphatic heterocycles. The molecule has 3 N–H and O–H groups in total. The fourth-order valence-corrected chi connectivity index (χ4v) is 10.7. The van der Waals surface area contributed by atoms with Crippen LogP contribution in [0.2, 0.25) is 0 Å². The van der Waals surface area contributed by atoms with Gasteiger partial charge in [-0.1, -0.05) is 106 Å². The van der Waals surface area contributed by atoms with Crippen LogP contribution in [0.4, 0.5) is 11.4 Å². The summed E-state index contributed by atoms with van der Waals surface area (Å²) in [6.07, 6.45) is 25.5. The van der Waals surface area contributed by atoms with E-state index in [1.165, 1.54) is 22.5 Å². The number of benzene rings is 2. The zero-order chi connectivity index (χ0) is 44.3. The number of halogens is 1. The van der Waals surface area contributed by atoms with Gasteiger partial charge in [0, 0.05) is 71.5 Å². The lowest BCUT2D eigenvalue weighted by Crippen LogP contribution is -2.40. The number of carbonyl (C=O) groups excluding carboxylic acids is 2. The van der Waals surface area contributed by atoms with Gasteiger partial charge in [0.1, 0.15) is 0 Å². The van der Waals surface area contributed by atoms with E-state index in [9.17, 15) is 22.6 Å². The average Bonchev–Trinajstić information content (AvgIpc) is 3.57. The molecule has 0 fully saturated rings. The van der Waals surface area contributed by atoms with Crippen molar-refractivity contribution in [1.29, 1.82) is 0 Å². The molecule has 9 nitrogen and oxygen atoms in total. The van der Waals surface area contributed by atoms with Gasteiger partial charge in [0.05, 0.1) is 11.8 Å². The van der Waals surface area contributed by atoms with Crippen molar-refractivity contribution < 1.29 is 22.6 Å². The van der Waals surface area contributed by atoms with E-state index in [0.717, 1.165) is 86.2 Å². The summed E-state index contributed by atoms with van der Waals surface area (Å²) < 4.78 is 32.1. The van der Waals surface area contributed by atoms with E-state index in [0.29, 0.717) is 51.6 Å². The Morgan fingerprint density at radius 2 is 1.53 bits per heavy atom. The van der Waals surface area contributed by atoms with Crippen LogP contribution in [-0.4, -0.2) is 62.3 Å². The van der Waals surface area contributed by atoms with Gasteiger partial charge >= 0.3 is 0 Å². The van der Waals surface area contributed by atoms with E-state index in [4.69, 9.17) is 11.6 Å². The predicted octanol–water partition coefficient (Wildman–Crippen LogP) is 10.7. The first-order valence-electron chi connectivity index (χ1n) is 23.0. The molecule has 0 bridgehead atoms. The summed E-state index contributed by atoms with van der Waals surface area (Å²) >= 11 is 7.26. The first-order valence-corrected chi connectivity index (χ1v) is 25.0. The van der Waals surface area contributed by atoms with E-state index >= 15 is 0 Å². The number of hydrogen-bond donors (Lipinski definition) is 3. The van der Waals surface area contributed by atoms with Gasteiger partial charge in [-0.05, 0) is 124 Å². The van der Waals surface area contributed by atoms with E-state index in [-0.39, 0.29) is 40.5 Å². The number of unbranched alkanes of at least 4 members (excludes halogenated alkanes) is 2. The molecule has 6 rings (SSSR count). The maximum atomic E-state index is 12.8. The quantitative estimate of drug-likeness (QED) is 0.0775. The minimum absolute atomic E-state index is 0.0351. The molecular weight excluding hydrogens is 816 g/mol. The van der Waals surface area contributed by atoms with Gasteiger partial charge in [0.2, 0.25) is 11.8 Å². The maximum absolute atomic E-state index is 12.8. The topological polar surface area (TPSA) is 119 Å². The Morgan fingerprint density at radius 1 is 0.823 bits per heavy atom. The lowest BCUT2D eigenvalue weighted by Gasteiger charge is -2.33. The molecule has 336 valence electrons. The smallest absolute Gasteiger partial charge is 0.264 e. The van der Waals surface area contributed by atoms with Gasteiger partial charge in [-0.25, -0.2) is 0 Å². The summed E-state index contributed by atoms with van der Waals surface area (Å²) in [5.74, 6) is -0.0999. The highest BCUT2D eigenvalue weighted by molar-refractivity contribution is 7.85. The minimum atomic E-state index is -3.99. The second kappa shape index (κ2) is 21.5. The molecule has 0 saturated heterocycles. The van der Waals surface area contributed by atoms with Crippen LogP contribution < -0.4 is 20.4 Å². The first-order chi connectivity index (χ1) is 29.7. The maximum Gasteiger partial charge on any atom is 0.264 e. The average molecular weight is 886 g/mol. The number of hydrogen-bond acceptors (Lipinski definition) is 6. The van der Waals surface area contributed by atoms with Crippen molar-refractivity contribution in [3.63, 3.8) is 0 Å². The number of nitrogens with zero attached hydrogens (tertiary/aromatic N) is 2. The molecule has 62 heavy (non-hydrogen) atoms. The van der Waals surface area contributed by atoms with Crippen molar-refractivity contribution in [2.75, 3.05) is 35.2 Å². The Morgan fingerprint density at radius 3 is 2.31 bits per heavy atom. The number of allylic oxidation sites excluding steroid dienone is 9. The van der Waals surface area contributed by atoms with E-state index in [1.807, 2.05) is 6.07 Å². The summed E-state index contributed by atoms with van der Waals surface area (Å²) in [6, 6.07) is 17.3. The SMILES string of the molecule is CC1(C)/C(=C\C=C2/CCCC(/C=C/C3N(CCCCS(=O)(=O)O)c4ccccc4C3(C)C)=C2Cl)N(CCCNC(=O)CCCCC(=O)NC2CC/C=C/CCC2)c2ccccc21. The Hall–Kier alpha value is -4.12. The van der Waals surface area contributed by atoms with Gasteiger partial charge in [-0.15, -0.1) is 0 Å². The molecule has 11 heteroatoms. The summed E-state index contributed by atoms with van der Waals surface area (Å²) in [4.78, 5) is 30.1. The van der Waals surface area contributed by atoms with Crippen molar-refractivity contribution >= 4 is 44.9 Å². The standard InChI is InChI=1S/C51H69ClN4O5S/c1-50(2)41-24-10-12-26-43(41)55(35-16-17-37-62(59,60)61)45(50)32-30-38-20-18-21-39(49(38)52)31-33-46-51(3,4)42-25-11-13-27-44(42)56(46)36-19-34-53-47(57)28-14-15-29-48(58)54-40-22-8-6-5-7-9-23-40/h5-6,10-13,24-27,30-33,40,45H,7-9,14-23,28-29,34-37H2,1-4H3,(H,53,57)(H,54,58)(H,59,60,61)/b6-5+,32-30+,39-31+,46-33+. The summed E-state index contributed by atoms with van der Waals surface area (Å²) in [5.41, 5.74) is 7.93. The van der Waals surface area contributed by atoms with E-state index in [2.05, 4.69) is 127 Å². The van der Waals surface area contributed by atoms with Crippen molar-refractivity contribution in [2.45, 2.75) is 147 Å². The Bertz CT molecular complexity index is 2170. The number of amides is 2. The zero-order valence-electron chi connectivity index (χ0n) is 37.4. The summed E-state index contributed by atoms with van der Waals surface area (Å²) in [5, 5.41) is 7.13. The summed E-state index contributed by atoms with van der Waals surface area (Å²) in [7, 11) is -3.99. The van der Waals surface area contributed by atoms with E-state index < -0.39 is 10.1 Å². The van der Waals surface area contributed by atoms with Gasteiger partial charge in [0.25, 0.3) is 10.1 Å². The molecule has 0 aromatic heterocycles. The molecule has 2 aromatic rings. The van der Waals surface area contributed by atoms with Crippen LogP contribution >= 0.6 is 11.6 Å². The number of rotatable bonds is 18. The van der Waals surface area contributed by atoms with Crippen LogP contribution in [0, 0.1) is 0 Å². The first kappa shape index (κ1) is 47.4. The van der Waals surface area contributed by atoms with E-state index in [1.54, 1.807) is 0 Å². The monoisotopic (exact) mass is 884 g/mol. The molecule has 2 unspecified atom stereocenters. The Kier molecular flexibility index (Phi) is 16.4. The third kappa shape index (κ3) is 12.1. The highest BCUT2D eigenvalue weighted by atomic mass is 35.5. The second-order valence-electron chi connectivity index (χ2n) is 18.6. The van der Waals surface area contributed by atoms with Gasteiger partial charge in [0.15, 0.2) is 0 Å². The molecule has 2 heterocycles. The van der Waals surface area contributed by atoms with Crippen LogP contribution in [0.25, 0.3) is 0 Å². The fraction of sp³-hybridized carbons (Fsp3) is 0.529. The van der Waals surface area contributed by atoms with Crippen molar-refractivity contribution in [3.05, 3.63) is 118 Å². The molecule has 2 atom stereocenters. The lowest BCUT2D eigenvalue weighted by atomic mass is 9.80. The number of fused-ring (bicyclic) bond motifs is 2. The van der Waals surface area contributed by atoms with Crippen molar-refractivity contribution in [3.8, 4) is 0 Å². The number of carbonyl (C=O) groups is 2. The lowest BCUT2D eigenvalue weighted by molar-refractivity contribution is -0.123. The minimum Gasteiger partial charge on any atom is -0.364 e. The molecular formula is C51H69ClN4O5S. The fourth-order valence-electron chi connectivity index (χ4n) is 9.84. The third-order valence-electron chi connectivity index (χ3n) is 13.3. The number of para-hydroxylation sites is 2. The molecule has 2 amide bonds. The Balaban J connectivity index is 1.07. The highest BCUT2D eigenvalue weighted by Gasteiger charge is 2.43. The Labute approximate surface area is 376 Å².